The highest BCUT2D eigenvalue weighted by atomic mass is 19.3. The fourth-order valence-corrected chi connectivity index (χ4v) is 2.03. The predicted molar refractivity (Wildman–Crippen MR) is 81.1 cm³/mol. The van der Waals surface area contributed by atoms with Crippen molar-refractivity contribution in [3.63, 3.8) is 0 Å². The molecule has 22 heavy (non-hydrogen) atoms. The number of hydrogen-bond acceptors (Lipinski definition) is 2. The maximum atomic E-state index is 11.9. The molecule has 2 rings (SSSR count). The lowest BCUT2D eigenvalue weighted by Crippen LogP contribution is -2.14. The lowest BCUT2D eigenvalue weighted by Gasteiger charge is -2.08. The number of hydrogen-bond donors (Lipinski definition) is 1. The number of amides is 1. The van der Waals surface area contributed by atoms with Gasteiger partial charge in [0, 0.05) is 12.5 Å². The van der Waals surface area contributed by atoms with E-state index in [2.05, 4.69) is 10.4 Å². The Morgan fingerprint density at radius 2 is 2.05 bits per heavy atom. The molecular formula is C16H17F2N3O. The third kappa shape index (κ3) is 4.51. The van der Waals surface area contributed by atoms with Crippen molar-refractivity contribution in [3.8, 4) is 5.69 Å². The van der Waals surface area contributed by atoms with E-state index in [-0.39, 0.29) is 18.7 Å². The molecule has 4 nitrogen and oxygen atoms in total. The number of para-hydroxylation sites is 1. The standard InChI is InChI=1S/C16H17F2N3O/c1-12-11-15(19-16(22)10-6-5-9-14(17)18)21(20-12)13-7-3-2-4-8-13/h2-4,7-9,11H,5-6,10H2,1H3,(H,19,22). The van der Waals surface area contributed by atoms with Crippen LogP contribution in [0, 0.1) is 6.92 Å². The Hall–Kier alpha value is -2.50. The van der Waals surface area contributed by atoms with Crippen LogP contribution in [0.1, 0.15) is 25.0 Å². The van der Waals surface area contributed by atoms with Gasteiger partial charge in [-0.2, -0.15) is 13.9 Å². The van der Waals surface area contributed by atoms with Crippen molar-refractivity contribution in [2.24, 2.45) is 0 Å². The molecule has 0 atom stereocenters. The average molecular weight is 305 g/mol. The Labute approximate surface area is 127 Å². The number of aryl methyl sites for hydroxylation is 1. The second-order valence-corrected chi connectivity index (χ2v) is 4.85. The second kappa shape index (κ2) is 7.49. The molecule has 1 aromatic carbocycles. The van der Waals surface area contributed by atoms with Crippen molar-refractivity contribution >= 4 is 11.7 Å². The molecule has 0 aliphatic rings. The number of anilines is 1. The molecule has 0 saturated carbocycles. The molecule has 1 heterocycles. The molecule has 0 saturated heterocycles. The summed E-state index contributed by atoms with van der Waals surface area (Å²) >= 11 is 0. The molecule has 1 aromatic heterocycles. The van der Waals surface area contributed by atoms with Crippen LogP contribution in [-0.4, -0.2) is 15.7 Å². The third-order valence-electron chi connectivity index (χ3n) is 3.01. The van der Waals surface area contributed by atoms with E-state index in [0.717, 1.165) is 17.5 Å². The van der Waals surface area contributed by atoms with Gasteiger partial charge < -0.3 is 5.32 Å². The van der Waals surface area contributed by atoms with E-state index in [9.17, 15) is 13.6 Å². The van der Waals surface area contributed by atoms with Gasteiger partial charge in [0.05, 0.1) is 11.4 Å². The number of carbonyl (C=O) groups excluding carboxylic acids is 1. The number of unbranched alkanes of at least 4 members (excludes halogenated alkanes) is 1. The van der Waals surface area contributed by atoms with E-state index >= 15 is 0 Å². The number of rotatable bonds is 6. The summed E-state index contributed by atoms with van der Waals surface area (Å²) in [6.07, 6.45) is -0.138. The Balaban J connectivity index is 2.01. The van der Waals surface area contributed by atoms with Gasteiger partial charge in [-0.3, -0.25) is 4.79 Å². The highest BCUT2D eigenvalue weighted by Crippen LogP contribution is 2.17. The van der Waals surface area contributed by atoms with E-state index in [1.807, 2.05) is 37.3 Å². The molecule has 2 aromatic rings. The van der Waals surface area contributed by atoms with Gasteiger partial charge >= 0.3 is 0 Å². The van der Waals surface area contributed by atoms with Crippen LogP contribution in [0.2, 0.25) is 0 Å². The molecule has 0 spiro atoms. The van der Waals surface area contributed by atoms with Crippen molar-refractivity contribution in [1.82, 2.24) is 9.78 Å². The number of halogens is 2. The summed E-state index contributed by atoms with van der Waals surface area (Å²) in [5.74, 6) is 0.352. The Morgan fingerprint density at radius 3 is 2.73 bits per heavy atom. The molecule has 0 bridgehead atoms. The zero-order chi connectivity index (χ0) is 15.9. The normalized spacial score (nSPS) is 10.3. The van der Waals surface area contributed by atoms with Gasteiger partial charge in [0.25, 0.3) is 6.08 Å². The van der Waals surface area contributed by atoms with Gasteiger partial charge in [-0.15, -0.1) is 0 Å². The maximum absolute atomic E-state index is 11.9. The number of aromatic nitrogens is 2. The monoisotopic (exact) mass is 305 g/mol. The van der Waals surface area contributed by atoms with Gasteiger partial charge in [-0.25, -0.2) is 4.68 Å². The van der Waals surface area contributed by atoms with Crippen molar-refractivity contribution in [2.45, 2.75) is 26.2 Å². The number of carbonyl (C=O) groups is 1. The summed E-state index contributed by atoms with van der Waals surface area (Å²) in [5.41, 5.74) is 1.62. The number of nitrogens with zero attached hydrogens (tertiary/aromatic N) is 2. The van der Waals surface area contributed by atoms with E-state index in [1.54, 1.807) is 10.7 Å². The molecule has 116 valence electrons. The minimum Gasteiger partial charge on any atom is -0.311 e. The summed E-state index contributed by atoms with van der Waals surface area (Å²) in [4.78, 5) is 11.9. The smallest absolute Gasteiger partial charge is 0.266 e. The summed E-state index contributed by atoms with van der Waals surface area (Å²) < 4.78 is 25.4. The van der Waals surface area contributed by atoms with E-state index in [4.69, 9.17) is 0 Å². The van der Waals surface area contributed by atoms with Crippen LogP contribution in [0.15, 0.2) is 48.6 Å². The first-order valence-electron chi connectivity index (χ1n) is 6.99. The van der Waals surface area contributed by atoms with Crippen LogP contribution < -0.4 is 5.32 Å². The Morgan fingerprint density at radius 1 is 1.32 bits per heavy atom. The van der Waals surface area contributed by atoms with Crippen molar-refractivity contribution in [2.75, 3.05) is 5.32 Å². The highest BCUT2D eigenvalue weighted by Gasteiger charge is 2.10. The van der Waals surface area contributed by atoms with Crippen molar-refractivity contribution in [1.29, 1.82) is 0 Å². The van der Waals surface area contributed by atoms with Crippen molar-refractivity contribution in [3.05, 3.63) is 54.2 Å². The van der Waals surface area contributed by atoms with Crippen LogP contribution in [-0.2, 0) is 4.79 Å². The predicted octanol–water partition coefficient (Wildman–Crippen LogP) is 4.07. The first kappa shape index (κ1) is 15.9. The fraction of sp³-hybridized carbons (Fsp3) is 0.250. The van der Waals surface area contributed by atoms with Gasteiger partial charge in [0.1, 0.15) is 5.82 Å². The quantitative estimate of drug-likeness (QED) is 0.818. The summed E-state index contributed by atoms with van der Waals surface area (Å²) in [7, 11) is 0. The van der Waals surface area contributed by atoms with Crippen LogP contribution in [0.3, 0.4) is 0 Å². The second-order valence-electron chi connectivity index (χ2n) is 4.85. The zero-order valence-corrected chi connectivity index (χ0v) is 12.2. The lowest BCUT2D eigenvalue weighted by molar-refractivity contribution is -0.116. The van der Waals surface area contributed by atoms with Crippen molar-refractivity contribution < 1.29 is 13.6 Å². The minimum absolute atomic E-state index is 0.183. The topological polar surface area (TPSA) is 46.9 Å². The SMILES string of the molecule is Cc1cc(NC(=O)CCCC=C(F)F)n(-c2ccccc2)n1. The Bertz CT molecular complexity index is 661. The molecule has 0 radical (unpaired) electrons. The average Bonchev–Trinajstić information content (AvgIpc) is 2.85. The molecular weight excluding hydrogens is 288 g/mol. The van der Waals surface area contributed by atoms with Gasteiger partial charge in [-0.05, 0) is 38.0 Å². The van der Waals surface area contributed by atoms with E-state index < -0.39 is 6.08 Å². The van der Waals surface area contributed by atoms with E-state index in [1.165, 1.54) is 0 Å². The first-order valence-corrected chi connectivity index (χ1v) is 6.99. The van der Waals surface area contributed by atoms with Crippen LogP contribution in [0.4, 0.5) is 14.6 Å². The molecule has 0 aliphatic heterocycles. The number of nitrogens with one attached hydrogen (secondary N) is 1. The molecule has 0 unspecified atom stereocenters. The van der Waals surface area contributed by atoms with E-state index in [0.29, 0.717) is 12.2 Å². The molecule has 1 N–H and O–H groups in total. The molecule has 0 fully saturated rings. The molecule has 1 amide bonds. The maximum Gasteiger partial charge on any atom is 0.266 e. The molecule has 0 aliphatic carbocycles. The fourth-order valence-electron chi connectivity index (χ4n) is 2.03. The van der Waals surface area contributed by atoms with Gasteiger partial charge in [0.2, 0.25) is 5.91 Å². The Kier molecular flexibility index (Phi) is 5.41. The summed E-state index contributed by atoms with van der Waals surface area (Å²) in [5, 5.41) is 7.12. The highest BCUT2D eigenvalue weighted by molar-refractivity contribution is 5.90. The number of allylic oxidation sites excluding steroid dienone is 1. The van der Waals surface area contributed by atoms with Gasteiger partial charge in [0.15, 0.2) is 0 Å². The molecule has 6 heteroatoms. The van der Waals surface area contributed by atoms with Crippen LogP contribution >= 0.6 is 0 Å². The zero-order valence-electron chi connectivity index (χ0n) is 12.2. The third-order valence-corrected chi connectivity index (χ3v) is 3.01. The lowest BCUT2D eigenvalue weighted by atomic mass is 10.2. The largest absolute Gasteiger partial charge is 0.311 e. The minimum atomic E-state index is -1.71. The summed E-state index contributed by atoms with van der Waals surface area (Å²) in [6.45, 7) is 1.84. The van der Waals surface area contributed by atoms with Crippen LogP contribution in [0.5, 0.6) is 0 Å². The van der Waals surface area contributed by atoms with Gasteiger partial charge in [-0.1, -0.05) is 18.2 Å². The van der Waals surface area contributed by atoms with Crippen LogP contribution in [0.25, 0.3) is 5.69 Å². The first-order chi connectivity index (χ1) is 10.6. The number of benzene rings is 1. The summed E-state index contributed by atoms with van der Waals surface area (Å²) in [6, 6.07) is 11.2.